The molecule has 2 aromatic carbocycles. The van der Waals surface area contributed by atoms with Crippen molar-refractivity contribution in [1.29, 1.82) is 0 Å². The molecule has 0 aromatic heterocycles. The maximum Gasteiger partial charge on any atom is 0.253 e. The number of hydrogen-bond donors (Lipinski definition) is 1. The molecule has 0 aliphatic carbocycles. The molecule has 21 heavy (non-hydrogen) atoms. The minimum atomic E-state index is 0.0210. The van der Waals surface area contributed by atoms with Crippen LogP contribution in [0.1, 0.15) is 22.8 Å². The predicted octanol–water partition coefficient (Wildman–Crippen LogP) is 3.74. The van der Waals surface area contributed by atoms with Crippen LogP contribution in [-0.4, -0.2) is 23.9 Å². The van der Waals surface area contributed by atoms with Gasteiger partial charge in [-0.1, -0.05) is 30.3 Å². The molecule has 2 rings (SSSR count). The fraction of sp³-hybridized carbons (Fsp3) is 0.235. The minimum Gasteiger partial charge on any atom is -0.398 e. The summed E-state index contributed by atoms with van der Waals surface area (Å²) in [5.41, 5.74) is 8.30. The third-order valence-corrected chi connectivity index (χ3v) is 4.15. The van der Waals surface area contributed by atoms with Crippen LogP contribution >= 0.6 is 15.9 Å². The fourth-order valence-electron chi connectivity index (χ4n) is 2.17. The second kappa shape index (κ2) is 7.27. The summed E-state index contributed by atoms with van der Waals surface area (Å²) in [6.45, 7) is 3.38. The molecular weight excluding hydrogens is 328 g/mol. The van der Waals surface area contributed by atoms with Gasteiger partial charge < -0.3 is 10.6 Å². The smallest absolute Gasteiger partial charge is 0.253 e. The fourth-order valence-corrected chi connectivity index (χ4v) is 2.42. The molecule has 0 spiro atoms. The van der Waals surface area contributed by atoms with Gasteiger partial charge in [0.05, 0.1) is 0 Å². The average Bonchev–Trinajstić information content (AvgIpc) is 2.51. The number of carbonyl (C=O) groups is 1. The van der Waals surface area contributed by atoms with Crippen molar-refractivity contribution in [2.45, 2.75) is 13.3 Å². The van der Waals surface area contributed by atoms with Crippen LogP contribution in [0.15, 0.2) is 53.0 Å². The van der Waals surface area contributed by atoms with E-state index in [0.29, 0.717) is 24.3 Å². The number of anilines is 1. The first-order valence-electron chi connectivity index (χ1n) is 7.00. The van der Waals surface area contributed by atoms with Gasteiger partial charge in [0.25, 0.3) is 5.91 Å². The van der Waals surface area contributed by atoms with Crippen LogP contribution in [0.5, 0.6) is 0 Å². The highest BCUT2D eigenvalue weighted by atomic mass is 79.9. The number of amides is 1. The topological polar surface area (TPSA) is 46.3 Å². The Balaban J connectivity index is 2.06. The van der Waals surface area contributed by atoms with Gasteiger partial charge in [-0.05, 0) is 53.0 Å². The van der Waals surface area contributed by atoms with Gasteiger partial charge in [-0.15, -0.1) is 0 Å². The van der Waals surface area contributed by atoms with Gasteiger partial charge in [-0.3, -0.25) is 4.79 Å². The van der Waals surface area contributed by atoms with Crippen molar-refractivity contribution in [3.63, 3.8) is 0 Å². The second-order valence-electron chi connectivity index (χ2n) is 4.86. The first kappa shape index (κ1) is 15.6. The van der Waals surface area contributed by atoms with Gasteiger partial charge in [0.1, 0.15) is 0 Å². The Bertz CT molecular complexity index is 613. The van der Waals surface area contributed by atoms with Crippen LogP contribution in [0, 0.1) is 0 Å². The molecule has 0 fully saturated rings. The van der Waals surface area contributed by atoms with Crippen molar-refractivity contribution in [3.8, 4) is 0 Å². The van der Waals surface area contributed by atoms with Crippen LogP contribution in [0.2, 0.25) is 0 Å². The number of hydrogen-bond acceptors (Lipinski definition) is 2. The third kappa shape index (κ3) is 4.08. The second-order valence-corrected chi connectivity index (χ2v) is 5.71. The number of benzene rings is 2. The molecule has 2 aromatic rings. The van der Waals surface area contributed by atoms with E-state index in [-0.39, 0.29) is 5.91 Å². The lowest BCUT2D eigenvalue weighted by Crippen LogP contribution is -2.32. The van der Waals surface area contributed by atoms with Crippen LogP contribution in [-0.2, 0) is 6.42 Å². The van der Waals surface area contributed by atoms with Crippen LogP contribution in [0.25, 0.3) is 0 Å². The largest absolute Gasteiger partial charge is 0.398 e. The van der Waals surface area contributed by atoms with E-state index in [1.807, 2.05) is 36.1 Å². The molecule has 2 N–H and O–H groups in total. The highest BCUT2D eigenvalue weighted by Crippen LogP contribution is 2.21. The highest BCUT2D eigenvalue weighted by molar-refractivity contribution is 9.10. The molecule has 4 heteroatoms. The van der Waals surface area contributed by atoms with Crippen molar-refractivity contribution in [2.75, 3.05) is 18.8 Å². The molecule has 0 heterocycles. The number of likely N-dealkylation sites (N-methyl/N-ethyl adjacent to an activating group) is 1. The van der Waals surface area contributed by atoms with Gasteiger partial charge in [-0.2, -0.15) is 0 Å². The van der Waals surface area contributed by atoms with Crippen molar-refractivity contribution >= 4 is 27.5 Å². The lowest BCUT2D eigenvalue weighted by atomic mass is 10.1. The molecule has 0 saturated carbocycles. The van der Waals surface area contributed by atoms with Gasteiger partial charge >= 0.3 is 0 Å². The van der Waals surface area contributed by atoms with Crippen LogP contribution < -0.4 is 5.73 Å². The monoisotopic (exact) mass is 346 g/mol. The van der Waals surface area contributed by atoms with Crippen molar-refractivity contribution in [1.82, 2.24) is 4.90 Å². The summed E-state index contributed by atoms with van der Waals surface area (Å²) in [4.78, 5) is 14.4. The number of nitrogens with zero attached hydrogens (tertiary/aromatic N) is 1. The van der Waals surface area contributed by atoms with Crippen LogP contribution in [0.4, 0.5) is 5.69 Å². The summed E-state index contributed by atoms with van der Waals surface area (Å²) in [5, 5.41) is 0. The summed E-state index contributed by atoms with van der Waals surface area (Å²) in [6, 6.07) is 15.5. The van der Waals surface area contributed by atoms with E-state index in [4.69, 9.17) is 5.73 Å². The molecule has 0 aliphatic rings. The quantitative estimate of drug-likeness (QED) is 0.838. The third-order valence-electron chi connectivity index (χ3n) is 3.43. The zero-order valence-corrected chi connectivity index (χ0v) is 13.6. The standard InChI is InChI=1S/C17H19BrN2O/c1-2-20(11-10-13-6-4-3-5-7-13)17(21)14-8-9-15(18)16(19)12-14/h3-9,12H,2,10-11,19H2,1H3. The summed E-state index contributed by atoms with van der Waals surface area (Å²) in [7, 11) is 0. The predicted molar refractivity (Wildman–Crippen MR) is 90.3 cm³/mol. The zero-order chi connectivity index (χ0) is 15.2. The Morgan fingerprint density at radius 1 is 1.19 bits per heavy atom. The van der Waals surface area contributed by atoms with Gasteiger partial charge in [0, 0.05) is 28.8 Å². The highest BCUT2D eigenvalue weighted by Gasteiger charge is 2.14. The van der Waals surface area contributed by atoms with E-state index in [0.717, 1.165) is 10.9 Å². The number of nitrogens with two attached hydrogens (primary N) is 1. The Kier molecular flexibility index (Phi) is 5.39. The van der Waals surface area contributed by atoms with E-state index < -0.39 is 0 Å². The Hall–Kier alpha value is -1.81. The van der Waals surface area contributed by atoms with Gasteiger partial charge in [0.2, 0.25) is 0 Å². The van der Waals surface area contributed by atoms with Crippen LogP contribution in [0.3, 0.4) is 0 Å². The first-order valence-corrected chi connectivity index (χ1v) is 7.79. The van der Waals surface area contributed by atoms with E-state index in [1.165, 1.54) is 5.56 Å². The number of rotatable bonds is 5. The zero-order valence-electron chi connectivity index (χ0n) is 12.1. The Morgan fingerprint density at radius 3 is 2.52 bits per heavy atom. The number of nitrogen functional groups attached to an aromatic ring is 1. The van der Waals surface area contributed by atoms with E-state index in [2.05, 4.69) is 28.1 Å². The number of halogens is 1. The van der Waals surface area contributed by atoms with Crippen molar-refractivity contribution in [2.24, 2.45) is 0 Å². The lowest BCUT2D eigenvalue weighted by Gasteiger charge is -2.21. The number of carbonyl (C=O) groups excluding carboxylic acids is 1. The van der Waals surface area contributed by atoms with Crippen molar-refractivity contribution in [3.05, 3.63) is 64.1 Å². The normalized spacial score (nSPS) is 10.4. The first-order chi connectivity index (χ1) is 10.1. The van der Waals surface area contributed by atoms with Crippen molar-refractivity contribution < 1.29 is 4.79 Å². The Morgan fingerprint density at radius 2 is 1.90 bits per heavy atom. The Labute approximate surface area is 133 Å². The summed E-state index contributed by atoms with van der Waals surface area (Å²) in [6.07, 6.45) is 0.854. The molecule has 0 aliphatic heterocycles. The molecule has 110 valence electrons. The average molecular weight is 347 g/mol. The molecule has 1 amide bonds. The van der Waals surface area contributed by atoms with Gasteiger partial charge in [0.15, 0.2) is 0 Å². The molecule has 0 saturated heterocycles. The van der Waals surface area contributed by atoms with E-state index >= 15 is 0 Å². The van der Waals surface area contributed by atoms with Gasteiger partial charge in [-0.25, -0.2) is 0 Å². The maximum atomic E-state index is 12.5. The molecular formula is C17H19BrN2O. The minimum absolute atomic E-state index is 0.0210. The summed E-state index contributed by atoms with van der Waals surface area (Å²) >= 11 is 3.34. The molecule has 0 radical (unpaired) electrons. The lowest BCUT2D eigenvalue weighted by molar-refractivity contribution is 0.0766. The summed E-state index contributed by atoms with van der Waals surface area (Å²) in [5.74, 6) is 0.0210. The molecule has 0 bridgehead atoms. The molecule has 3 nitrogen and oxygen atoms in total. The SMILES string of the molecule is CCN(CCc1ccccc1)C(=O)c1ccc(Br)c(N)c1. The van der Waals surface area contributed by atoms with E-state index in [1.54, 1.807) is 12.1 Å². The summed E-state index contributed by atoms with van der Waals surface area (Å²) < 4.78 is 0.811. The molecule has 0 unspecified atom stereocenters. The van der Waals surface area contributed by atoms with E-state index in [9.17, 15) is 4.79 Å². The maximum absolute atomic E-state index is 12.5. The molecule has 0 atom stereocenters.